The number of carbonyl (C=O) groups excluding carboxylic acids is 5. The number of benzene rings is 3. The molecule has 0 spiro atoms. The normalized spacial score (nSPS) is 17.6. The maximum atomic E-state index is 13.7. The number of non-ortho nitro benzene ring substituents is 1. The first kappa shape index (κ1) is 29.1. The molecule has 3 aromatic carbocycles. The van der Waals surface area contributed by atoms with Gasteiger partial charge in [-0.05, 0) is 75.2 Å². The lowest BCUT2D eigenvalue weighted by Gasteiger charge is -2.30. The topological polar surface area (TPSA) is 144 Å². The van der Waals surface area contributed by atoms with E-state index in [0.29, 0.717) is 18.4 Å². The van der Waals surface area contributed by atoms with Gasteiger partial charge in [0.25, 0.3) is 23.4 Å². The third kappa shape index (κ3) is 5.96. The zero-order valence-corrected chi connectivity index (χ0v) is 23.4. The smallest absolute Gasteiger partial charge is 0.343 e. The standard InChI is InChI=1S/C32H27N3O8/c1-19-3-6-23(7-4-19)32(40)43-25-14-10-21(11-15-25)28(36)18-33(29(37)22-8-12-24(13-9-22)35(41)42)34-30(38)26-16-5-20(2)17-27(26)31(34)39/h3-15,26-27H,16-18H2,1-2H3/t26-,27+/m0/s1. The van der Waals surface area contributed by atoms with Crippen molar-refractivity contribution >= 4 is 35.2 Å². The van der Waals surface area contributed by atoms with E-state index in [0.717, 1.165) is 33.3 Å². The van der Waals surface area contributed by atoms with Crippen molar-refractivity contribution in [3.8, 4) is 5.75 Å². The van der Waals surface area contributed by atoms with Crippen LogP contribution >= 0.6 is 0 Å². The molecule has 0 N–H and O–H groups in total. The number of hydrogen-bond donors (Lipinski definition) is 0. The van der Waals surface area contributed by atoms with E-state index >= 15 is 0 Å². The molecule has 1 saturated heterocycles. The Morgan fingerprint density at radius 1 is 0.860 bits per heavy atom. The van der Waals surface area contributed by atoms with Crippen LogP contribution in [-0.2, 0) is 9.59 Å². The number of nitro benzene ring substituents is 1. The summed E-state index contributed by atoms with van der Waals surface area (Å²) < 4.78 is 5.39. The predicted octanol–water partition coefficient (Wildman–Crippen LogP) is 4.70. The van der Waals surface area contributed by atoms with Crippen molar-refractivity contribution in [3.63, 3.8) is 0 Å². The number of rotatable bonds is 8. The minimum absolute atomic E-state index is 0.0402. The van der Waals surface area contributed by atoms with Gasteiger partial charge >= 0.3 is 5.97 Å². The van der Waals surface area contributed by atoms with Gasteiger partial charge in [0, 0.05) is 23.3 Å². The fourth-order valence-electron chi connectivity index (χ4n) is 5.16. The summed E-state index contributed by atoms with van der Waals surface area (Å²) in [5, 5.41) is 12.7. The van der Waals surface area contributed by atoms with E-state index in [4.69, 9.17) is 4.74 Å². The van der Waals surface area contributed by atoms with Crippen molar-refractivity contribution < 1.29 is 33.6 Å². The fourth-order valence-corrected chi connectivity index (χ4v) is 5.16. The highest BCUT2D eigenvalue weighted by atomic mass is 16.6. The minimum Gasteiger partial charge on any atom is -0.423 e. The van der Waals surface area contributed by atoms with Crippen molar-refractivity contribution in [3.05, 3.63) is 117 Å². The molecule has 2 atom stereocenters. The molecule has 218 valence electrons. The van der Waals surface area contributed by atoms with E-state index < -0.39 is 52.8 Å². The number of carbonyl (C=O) groups is 5. The SMILES string of the molecule is CC1=CC[C@@H]2C(=O)N(N(CC(=O)c3ccc(OC(=O)c4ccc(C)cc4)cc3)C(=O)c3ccc([N+](=O)[O-])cc3)C(=O)[C@@H]2C1. The van der Waals surface area contributed by atoms with Crippen LogP contribution in [0.15, 0.2) is 84.4 Å². The van der Waals surface area contributed by atoms with Gasteiger partial charge in [0.15, 0.2) is 5.78 Å². The number of ketones is 1. The van der Waals surface area contributed by atoms with E-state index in [-0.39, 0.29) is 22.6 Å². The van der Waals surface area contributed by atoms with Crippen LogP contribution in [0.4, 0.5) is 5.69 Å². The third-order valence-electron chi connectivity index (χ3n) is 7.57. The first-order chi connectivity index (χ1) is 20.5. The first-order valence-electron chi connectivity index (χ1n) is 13.5. The quantitative estimate of drug-likeness (QED) is 0.0708. The van der Waals surface area contributed by atoms with E-state index in [9.17, 15) is 34.1 Å². The van der Waals surface area contributed by atoms with Crippen LogP contribution in [0.2, 0.25) is 0 Å². The molecule has 3 amide bonds. The molecule has 1 aliphatic carbocycles. The van der Waals surface area contributed by atoms with Crippen molar-refractivity contribution in [2.45, 2.75) is 26.7 Å². The summed E-state index contributed by atoms with van der Waals surface area (Å²) in [6.45, 7) is 3.11. The summed E-state index contributed by atoms with van der Waals surface area (Å²) in [5.74, 6) is -4.27. The van der Waals surface area contributed by atoms with Gasteiger partial charge in [-0.2, -0.15) is 5.01 Å². The van der Waals surface area contributed by atoms with Crippen molar-refractivity contribution in [2.75, 3.05) is 6.54 Å². The molecule has 5 rings (SSSR count). The lowest BCUT2D eigenvalue weighted by Crippen LogP contribution is -2.52. The number of esters is 1. The lowest BCUT2D eigenvalue weighted by molar-refractivity contribution is -0.384. The van der Waals surface area contributed by atoms with Crippen molar-refractivity contribution in [2.24, 2.45) is 11.8 Å². The van der Waals surface area contributed by atoms with Gasteiger partial charge in [-0.1, -0.05) is 29.3 Å². The number of fused-ring (bicyclic) bond motifs is 1. The van der Waals surface area contributed by atoms with Crippen molar-refractivity contribution in [1.29, 1.82) is 0 Å². The summed E-state index contributed by atoms with van der Waals surface area (Å²) in [4.78, 5) is 76.8. The molecule has 3 aromatic rings. The number of Topliss-reactive ketones (excluding diaryl/α,β-unsaturated/α-hetero) is 1. The molecule has 0 aromatic heterocycles. The summed E-state index contributed by atoms with van der Waals surface area (Å²) in [6.07, 6.45) is 2.59. The molecule has 1 aliphatic heterocycles. The van der Waals surface area contributed by atoms with Gasteiger partial charge in [-0.3, -0.25) is 29.3 Å². The van der Waals surface area contributed by atoms with E-state index in [1.165, 1.54) is 36.4 Å². The van der Waals surface area contributed by atoms with Crippen molar-refractivity contribution in [1.82, 2.24) is 10.0 Å². The van der Waals surface area contributed by atoms with Gasteiger partial charge < -0.3 is 4.74 Å². The molecular formula is C32H27N3O8. The zero-order chi connectivity index (χ0) is 30.8. The Morgan fingerprint density at radius 3 is 2.07 bits per heavy atom. The Morgan fingerprint density at radius 2 is 1.44 bits per heavy atom. The predicted molar refractivity (Wildman–Crippen MR) is 153 cm³/mol. The maximum Gasteiger partial charge on any atom is 0.343 e. The summed E-state index contributed by atoms with van der Waals surface area (Å²) >= 11 is 0. The largest absolute Gasteiger partial charge is 0.423 e. The Bertz CT molecular complexity index is 1660. The van der Waals surface area contributed by atoms with Crippen LogP contribution in [0.5, 0.6) is 5.75 Å². The van der Waals surface area contributed by atoms with E-state index in [1.807, 2.05) is 19.9 Å². The molecule has 2 aliphatic rings. The number of hydrogen-bond acceptors (Lipinski definition) is 8. The second-order valence-corrected chi connectivity index (χ2v) is 10.6. The number of amides is 3. The highest BCUT2D eigenvalue weighted by Crippen LogP contribution is 2.38. The molecule has 11 nitrogen and oxygen atoms in total. The number of nitrogens with zero attached hydrogens (tertiary/aromatic N) is 3. The molecule has 43 heavy (non-hydrogen) atoms. The second-order valence-electron chi connectivity index (χ2n) is 10.6. The molecule has 0 saturated carbocycles. The third-order valence-corrected chi connectivity index (χ3v) is 7.57. The van der Waals surface area contributed by atoms with Crippen LogP contribution in [-0.4, -0.2) is 51.0 Å². The van der Waals surface area contributed by atoms with Crippen LogP contribution in [0, 0.1) is 28.9 Å². The molecule has 1 heterocycles. The maximum absolute atomic E-state index is 13.7. The Balaban J connectivity index is 1.38. The van der Waals surface area contributed by atoms with Crippen LogP contribution < -0.4 is 4.74 Å². The number of imide groups is 1. The summed E-state index contributed by atoms with van der Waals surface area (Å²) in [6, 6.07) is 17.2. The number of allylic oxidation sites excluding steroid dienone is 2. The Labute approximate surface area is 246 Å². The number of ether oxygens (including phenoxy) is 1. The Kier molecular flexibility index (Phi) is 7.98. The summed E-state index contributed by atoms with van der Waals surface area (Å²) in [5.41, 5.74) is 2.16. The molecule has 11 heteroatoms. The molecule has 0 bridgehead atoms. The van der Waals surface area contributed by atoms with Gasteiger partial charge in [0.1, 0.15) is 12.3 Å². The Hall–Kier alpha value is -5.45. The molecule has 1 fully saturated rings. The number of nitro groups is 1. The average Bonchev–Trinajstić information content (AvgIpc) is 3.24. The minimum atomic E-state index is -0.836. The van der Waals surface area contributed by atoms with Crippen LogP contribution in [0.25, 0.3) is 0 Å². The lowest BCUT2D eigenvalue weighted by atomic mass is 9.82. The highest BCUT2D eigenvalue weighted by Gasteiger charge is 2.51. The van der Waals surface area contributed by atoms with Gasteiger partial charge in [-0.25, -0.2) is 9.80 Å². The van der Waals surface area contributed by atoms with Gasteiger partial charge in [0.05, 0.1) is 22.3 Å². The number of hydrazine groups is 1. The molecule has 0 radical (unpaired) electrons. The van der Waals surface area contributed by atoms with Gasteiger partial charge in [0.2, 0.25) is 0 Å². The second kappa shape index (κ2) is 11.8. The highest BCUT2D eigenvalue weighted by molar-refractivity contribution is 6.10. The molecular weight excluding hydrogens is 554 g/mol. The van der Waals surface area contributed by atoms with Crippen LogP contribution in [0.1, 0.15) is 56.4 Å². The summed E-state index contributed by atoms with van der Waals surface area (Å²) in [7, 11) is 0. The number of aryl methyl sites for hydroxylation is 1. The zero-order valence-electron chi connectivity index (χ0n) is 23.4. The first-order valence-corrected chi connectivity index (χ1v) is 13.5. The molecule has 0 unspecified atom stereocenters. The average molecular weight is 582 g/mol. The van der Waals surface area contributed by atoms with Gasteiger partial charge in [-0.15, -0.1) is 0 Å². The van der Waals surface area contributed by atoms with E-state index in [1.54, 1.807) is 24.3 Å². The monoisotopic (exact) mass is 581 g/mol. The fraction of sp³-hybridized carbons (Fsp3) is 0.219. The van der Waals surface area contributed by atoms with E-state index in [2.05, 4.69) is 0 Å². The van der Waals surface area contributed by atoms with Crippen LogP contribution in [0.3, 0.4) is 0 Å².